The van der Waals surface area contributed by atoms with E-state index in [9.17, 15) is 0 Å². The van der Waals surface area contributed by atoms with Crippen LogP contribution in [0.3, 0.4) is 0 Å². The van der Waals surface area contributed by atoms with Crippen molar-refractivity contribution in [3.8, 4) is 0 Å². The molecular formula is C17H25N7. The molecule has 128 valence electrons. The molecule has 0 amide bonds. The third-order valence-electron chi connectivity index (χ3n) is 4.13. The zero-order chi connectivity index (χ0) is 17.1. The van der Waals surface area contributed by atoms with Gasteiger partial charge in [-0.25, -0.2) is 15.0 Å². The highest BCUT2D eigenvalue weighted by Crippen LogP contribution is 2.20. The van der Waals surface area contributed by atoms with Crippen LogP contribution in [0, 0.1) is 0 Å². The molecule has 24 heavy (non-hydrogen) atoms. The summed E-state index contributed by atoms with van der Waals surface area (Å²) in [4.78, 5) is 24.5. The molecule has 1 aliphatic rings. The SMILES string of the molecule is CC(C)c1nccc(N2CCN(c3ccnc(N(C)C)n3)CC2)n1. The first kappa shape index (κ1) is 16.4. The predicted octanol–water partition coefficient (Wildman–Crippen LogP) is 1.78. The smallest absolute Gasteiger partial charge is 0.226 e. The van der Waals surface area contributed by atoms with Crippen molar-refractivity contribution < 1.29 is 0 Å². The van der Waals surface area contributed by atoms with Gasteiger partial charge in [0.05, 0.1) is 0 Å². The molecule has 0 atom stereocenters. The van der Waals surface area contributed by atoms with Crippen molar-refractivity contribution in [2.75, 3.05) is 55.0 Å². The van der Waals surface area contributed by atoms with Gasteiger partial charge in [0.25, 0.3) is 0 Å². The van der Waals surface area contributed by atoms with E-state index < -0.39 is 0 Å². The van der Waals surface area contributed by atoms with Crippen LogP contribution in [-0.2, 0) is 0 Å². The van der Waals surface area contributed by atoms with Crippen LogP contribution in [0.2, 0.25) is 0 Å². The van der Waals surface area contributed by atoms with Crippen LogP contribution in [0.5, 0.6) is 0 Å². The number of rotatable bonds is 4. The molecule has 0 spiro atoms. The maximum absolute atomic E-state index is 4.70. The minimum Gasteiger partial charge on any atom is -0.353 e. The minimum absolute atomic E-state index is 0.344. The van der Waals surface area contributed by atoms with Crippen molar-refractivity contribution >= 4 is 17.6 Å². The zero-order valence-corrected chi connectivity index (χ0v) is 14.8. The third kappa shape index (κ3) is 3.55. The van der Waals surface area contributed by atoms with Crippen molar-refractivity contribution in [3.05, 3.63) is 30.4 Å². The highest BCUT2D eigenvalue weighted by atomic mass is 15.3. The van der Waals surface area contributed by atoms with Crippen molar-refractivity contribution in [1.29, 1.82) is 0 Å². The summed E-state index contributed by atoms with van der Waals surface area (Å²) >= 11 is 0. The quantitative estimate of drug-likeness (QED) is 0.848. The molecule has 3 heterocycles. The normalized spacial score (nSPS) is 15.0. The fourth-order valence-electron chi connectivity index (χ4n) is 2.71. The Hall–Kier alpha value is -2.44. The van der Waals surface area contributed by atoms with E-state index in [2.05, 4.69) is 38.6 Å². The zero-order valence-electron chi connectivity index (χ0n) is 14.8. The Labute approximate surface area is 143 Å². The van der Waals surface area contributed by atoms with E-state index in [-0.39, 0.29) is 0 Å². The van der Waals surface area contributed by atoms with E-state index in [4.69, 9.17) is 4.98 Å². The van der Waals surface area contributed by atoms with Gasteiger partial charge in [-0.15, -0.1) is 0 Å². The van der Waals surface area contributed by atoms with Gasteiger partial charge in [0.1, 0.15) is 17.5 Å². The first-order valence-corrected chi connectivity index (χ1v) is 8.38. The van der Waals surface area contributed by atoms with Crippen LogP contribution in [0.4, 0.5) is 17.6 Å². The van der Waals surface area contributed by atoms with Crippen molar-refractivity contribution in [2.45, 2.75) is 19.8 Å². The lowest BCUT2D eigenvalue weighted by Gasteiger charge is -2.36. The molecule has 0 aliphatic carbocycles. The molecule has 1 saturated heterocycles. The Kier molecular flexibility index (Phi) is 4.78. The molecule has 0 radical (unpaired) electrons. The summed E-state index contributed by atoms with van der Waals surface area (Å²) < 4.78 is 0. The largest absolute Gasteiger partial charge is 0.353 e. The number of nitrogens with zero attached hydrogens (tertiary/aromatic N) is 7. The van der Waals surface area contributed by atoms with Crippen LogP contribution >= 0.6 is 0 Å². The second kappa shape index (κ2) is 6.98. The molecule has 1 fully saturated rings. The number of anilines is 3. The molecule has 3 rings (SSSR count). The van der Waals surface area contributed by atoms with Gasteiger partial charge < -0.3 is 14.7 Å². The highest BCUT2D eigenvalue weighted by molar-refractivity contribution is 5.46. The molecule has 2 aromatic rings. The number of aromatic nitrogens is 4. The molecular weight excluding hydrogens is 302 g/mol. The lowest BCUT2D eigenvalue weighted by molar-refractivity contribution is 0.636. The average Bonchev–Trinajstić information content (AvgIpc) is 2.62. The van der Waals surface area contributed by atoms with E-state index in [0.29, 0.717) is 5.92 Å². The van der Waals surface area contributed by atoms with Gasteiger partial charge in [-0.1, -0.05) is 13.8 Å². The Morgan fingerprint density at radius 1 is 0.875 bits per heavy atom. The standard InChI is InChI=1S/C17H25N7/c1-13(2)16-18-7-5-14(20-16)23-9-11-24(12-10-23)15-6-8-19-17(21-15)22(3)4/h5-8,13H,9-12H2,1-4H3. The highest BCUT2D eigenvalue weighted by Gasteiger charge is 2.20. The monoisotopic (exact) mass is 327 g/mol. The molecule has 0 N–H and O–H groups in total. The topological polar surface area (TPSA) is 61.3 Å². The fourth-order valence-corrected chi connectivity index (χ4v) is 2.71. The molecule has 0 bridgehead atoms. The second-order valence-electron chi connectivity index (χ2n) is 6.51. The van der Waals surface area contributed by atoms with Gasteiger partial charge in [0.2, 0.25) is 5.95 Å². The molecule has 0 saturated carbocycles. The first-order valence-electron chi connectivity index (χ1n) is 8.38. The van der Waals surface area contributed by atoms with E-state index in [1.54, 1.807) is 0 Å². The average molecular weight is 327 g/mol. The van der Waals surface area contributed by atoms with E-state index in [1.807, 2.05) is 43.5 Å². The second-order valence-corrected chi connectivity index (χ2v) is 6.51. The van der Waals surface area contributed by atoms with Gasteiger partial charge in [0.15, 0.2) is 0 Å². The Morgan fingerprint density at radius 2 is 1.42 bits per heavy atom. The van der Waals surface area contributed by atoms with Crippen LogP contribution < -0.4 is 14.7 Å². The van der Waals surface area contributed by atoms with Gasteiger partial charge in [-0.3, -0.25) is 0 Å². The summed E-state index contributed by atoms with van der Waals surface area (Å²) in [5.74, 6) is 3.99. The van der Waals surface area contributed by atoms with E-state index >= 15 is 0 Å². The summed E-state index contributed by atoms with van der Waals surface area (Å²) in [5, 5.41) is 0. The lowest BCUT2D eigenvalue weighted by atomic mass is 10.2. The minimum atomic E-state index is 0.344. The first-order chi connectivity index (χ1) is 11.5. The number of piperazine rings is 1. The maximum atomic E-state index is 4.70. The van der Waals surface area contributed by atoms with Crippen molar-refractivity contribution in [1.82, 2.24) is 19.9 Å². The molecule has 1 aliphatic heterocycles. The molecule has 0 unspecified atom stereocenters. The van der Waals surface area contributed by atoms with E-state index in [1.165, 1.54) is 0 Å². The van der Waals surface area contributed by atoms with Crippen molar-refractivity contribution in [3.63, 3.8) is 0 Å². The fraction of sp³-hybridized carbons (Fsp3) is 0.529. The molecule has 7 heteroatoms. The molecule has 0 aromatic carbocycles. The van der Waals surface area contributed by atoms with Crippen LogP contribution in [0.1, 0.15) is 25.6 Å². The van der Waals surface area contributed by atoms with Crippen LogP contribution in [0.15, 0.2) is 24.5 Å². The van der Waals surface area contributed by atoms with Gasteiger partial charge in [-0.05, 0) is 12.1 Å². The summed E-state index contributed by atoms with van der Waals surface area (Å²) in [6.45, 7) is 7.93. The third-order valence-corrected chi connectivity index (χ3v) is 4.13. The van der Waals surface area contributed by atoms with E-state index in [0.717, 1.165) is 49.6 Å². The number of hydrogen-bond acceptors (Lipinski definition) is 7. The summed E-state index contributed by atoms with van der Waals surface area (Å²) in [7, 11) is 3.91. The lowest BCUT2D eigenvalue weighted by Crippen LogP contribution is -2.47. The van der Waals surface area contributed by atoms with Gasteiger partial charge in [-0.2, -0.15) is 4.98 Å². The Bertz CT molecular complexity index is 619. The van der Waals surface area contributed by atoms with Crippen LogP contribution in [0.25, 0.3) is 0 Å². The Morgan fingerprint density at radius 3 is 1.96 bits per heavy atom. The van der Waals surface area contributed by atoms with Crippen molar-refractivity contribution in [2.24, 2.45) is 0 Å². The summed E-state index contributed by atoms with van der Waals surface area (Å²) in [6.07, 6.45) is 3.68. The predicted molar refractivity (Wildman–Crippen MR) is 96.9 cm³/mol. The number of hydrogen-bond donors (Lipinski definition) is 0. The van der Waals surface area contributed by atoms with Gasteiger partial charge >= 0.3 is 0 Å². The summed E-state index contributed by atoms with van der Waals surface area (Å²) in [5.41, 5.74) is 0. The maximum Gasteiger partial charge on any atom is 0.226 e. The molecule has 7 nitrogen and oxygen atoms in total. The van der Waals surface area contributed by atoms with Gasteiger partial charge in [0, 0.05) is 58.6 Å². The Balaban J connectivity index is 1.68. The molecule has 2 aromatic heterocycles. The van der Waals surface area contributed by atoms with Crippen LogP contribution in [-0.4, -0.2) is 60.2 Å². The summed E-state index contributed by atoms with van der Waals surface area (Å²) in [6, 6.07) is 3.97.